The Morgan fingerprint density at radius 3 is 2.59 bits per heavy atom. The maximum absolute atomic E-state index is 14.3. The lowest BCUT2D eigenvalue weighted by molar-refractivity contribution is -0.139. The third kappa shape index (κ3) is 6.17. The quantitative estimate of drug-likeness (QED) is 0.146. The molecule has 2 heterocycles. The first-order valence-corrected chi connectivity index (χ1v) is 16.8. The fourth-order valence-electron chi connectivity index (χ4n) is 5.78. The monoisotopic (exact) mass is 696 g/mol. The lowest BCUT2D eigenvalue weighted by Gasteiger charge is -2.27. The van der Waals surface area contributed by atoms with Crippen LogP contribution < -0.4 is 24.4 Å². The summed E-state index contributed by atoms with van der Waals surface area (Å²) in [7, 11) is 1.58. The van der Waals surface area contributed by atoms with Crippen molar-refractivity contribution in [2.24, 2.45) is 4.99 Å². The second kappa shape index (κ2) is 13.9. The van der Waals surface area contributed by atoms with E-state index < -0.39 is 12.0 Å². The molecule has 0 fully saturated rings. The minimum Gasteiger partial charge on any atom is -0.496 e. The third-order valence-corrected chi connectivity index (χ3v) is 9.32. The number of benzene rings is 4. The van der Waals surface area contributed by atoms with E-state index in [0.717, 1.165) is 32.8 Å². The highest BCUT2D eigenvalue weighted by atomic mass is 79.9. The maximum Gasteiger partial charge on any atom is 0.338 e. The van der Waals surface area contributed by atoms with Crippen LogP contribution in [0.2, 0.25) is 0 Å². The van der Waals surface area contributed by atoms with Crippen molar-refractivity contribution >= 4 is 50.1 Å². The molecule has 6 rings (SSSR count). The fraction of sp³-hybridized carbons (Fsp3) is 0.216. The summed E-state index contributed by atoms with van der Waals surface area (Å²) in [4.78, 5) is 33.3. The van der Waals surface area contributed by atoms with E-state index in [1.54, 1.807) is 18.6 Å². The average Bonchev–Trinajstić information content (AvgIpc) is 3.37. The molecular formula is C37H33BrN2O5S. The summed E-state index contributed by atoms with van der Waals surface area (Å²) in [5, 5.41) is 2.29. The zero-order valence-electron chi connectivity index (χ0n) is 25.8. The van der Waals surface area contributed by atoms with Crippen LogP contribution >= 0.6 is 27.3 Å². The number of allylic oxidation sites excluding steroid dienone is 1. The molecule has 0 N–H and O–H groups in total. The van der Waals surface area contributed by atoms with E-state index in [9.17, 15) is 9.59 Å². The summed E-state index contributed by atoms with van der Waals surface area (Å²) in [5.41, 5.74) is 3.19. The predicted octanol–water partition coefficient (Wildman–Crippen LogP) is 7.08. The Morgan fingerprint density at radius 1 is 1.00 bits per heavy atom. The number of halogens is 1. The van der Waals surface area contributed by atoms with Gasteiger partial charge in [0.15, 0.2) is 4.80 Å². The molecule has 0 saturated carbocycles. The summed E-state index contributed by atoms with van der Waals surface area (Å²) in [6.45, 7) is 4.37. The van der Waals surface area contributed by atoms with Crippen LogP contribution in [0.5, 0.6) is 11.5 Å². The Morgan fingerprint density at radius 2 is 1.78 bits per heavy atom. The van der Waals surface area contributed by atoms with E-state index in [0.29, 0.717) is 50.7 Å². The zero-order chi connectivity index (χ0) is 32.2. The first-order valence-electron chi connectivity index (χ1n) is 15.2. The van der Waals surface area contributed by atoms with Gasteiger partial charge in [-0.1, -0.05) is 101 Å². The maximum atomic E-state index is 14.3. The van der Waals surface area contributed by atoms with E-state index in [4.69, 9.17) is 19.2 Å². The van der Waals surface area contributed by atoms with Crippen LogP contribution in [0.1, 0.15) is 49.4 Å². The number of carbonyl (C=O) groups is 1. The highest BCUT2D eigenvalue weighted by molar-refractivity contribution is 9.10. The van der Waals surface area contributed by atoms with Crippen LogP contribution in [0.15, 0.2) is 110 Å². The summed E-state index contributed by atoms with van der Waals surface area (Å²) in [6.07, 6.45) is 3.15. The number of nitrogens with zero attached hydrogens (tertiary/aromatic N) is 2. The molecule has 46 heavy (non-hydrogen) atoms. The van der Waals surface area contributed by atoms with E-state index in [-0.39, 0.29) is 12.2 Å². The molecule has 4 aromatic carbocycles. The zero-order valence-corrected chi connectivity index (χ0v) is 28.2. The molecule has 1 atom stereocenters. The van der Waals surface area contributed by atoms with Gasteiger partial charge < -0.3 is 14.2 Å². The van der Waals surface area contributed by atoms with Gasteiger partial charge in [0.25, 0.3) is 5.56 Å². The molecule has 5 aromatic rings. The van der Waals surface area contributed by atoms with Crippen LogP contribution in [0.3, 0.4) is 0 Å². The molecule has 1 aromatic heterocycles. The van der Waals surface area contributed by atoms with E-state index in [1.165, 1.54) is 11.3 Å². The number of para-hydroxylation sites is 1. The Balaban J connectivity index is 1.48. The Bertz CT molecular complexity index is 2140. The predicted molar refractivity (Wildman–Crippen MR) is 185 cm³/mol. The van der Waals surface area contributed by atoms with Gasteiger partial charge in [-0.2, -0.15) is 0 Å². The average molecular weight is 698 g/mol. The normalized spacial score (nSPS) is 14.6. The highest BCUT2D eigenvalue weighted by Crippen LogP contribution is 2.38. The van der Waals surface area contributed by atoms with Gasteiger partial charge in [-0.05, 0) is 60.0 Å². The summed E-state index contributed by atoms with van der Waals surface area (Å²) in [6, 6.07) is 26.8. The van der Waals surface area contributed by atoms with Crippen molar-refractivity contribution in [1.82, 2.24) is 4.57 Å². The van der Waals surface area contributed by atoms with Crippen molar-refractivity contribution in [2.45, 2.75) is 39.3 Å². The molecule has 7 nitrogen and oxygen atoms in total. The number of hydrogen-bond acceptors (Lipinski definition) is 7. The molecule has 0 saturated heterocycles. The number of fused-ring (bicyclic) bond motifs is 2. The molecule has 0 bridgehead atoms. The number of methoxy groups -OCH3 is 1. The molecule has 1 aliphatic heterocycles. The van der Waals surface area contributed by atoms with Crippen molar-refractivity contribution in [3.8, 4) is 11.5 Å². The highest BCUT2D eigenvalue weighted by Gasteiger charge is 2.36. The van der Waals surface area contributed by atoms with Crippen molar-refractivity contribution in [3.63, 3.8) is 0 Å². The number of aromatic nitrogens is 1. The van der Waals surface area contributed by atoms with Gasteiger partial charge in [-0.3, -0.25) is 9.36 Å². The first-order chi connectivity index (χ1) is 22.4. The first kappa shape index (κ1) is 31.5. The Hall–Kier alpha value is -4.47. The lowest BCUT2D eigenvalue weighted by Crippen LogP contribution is -2.40. The molecule has 9 heteroatoms. The van der Waals surface area contributed by atoms with Gasteiger partial charge in [-0.15, -0.1) is 0 Å². The van der Waals surface area contributed by atoms with Crippen molar-refractivity contribution in [1.29, 1.82) is 0 Å². The summed E-state index contributed by atoms with van der Waals surface area (Å²) >= 11 is 4.86. The Labute approximate surface area is 279 Å². The van der Waals surface area contributed by atoms with Gasteiger partial charge in [0.1, 0.15) is 24.1 Å². The molecule has 234 valence electrons. The molecule has 0 radical (unpaired) electrons. The molecule has 0 amide bonds. The summed E-state index contributed by atoms with van der Waals surface area (Å²) < 4.78 is 20.5. The number of thiazole rings is 1. The third-order valence-electron chi connectivity index (χ3n) is 7.85. The van der Waals surface area contributed by atoms with Gasteiger partial charge in [0.05, 0.1) is 29.5 Å². The van der Waals surface area contributed by atoms with E-state index >= 15 is 0 Å². The largest absolute Gasteiger partial charge is 0.496 e. The number of rotatable bonds is 10. The van der Waals surface area contributed by atoms with Crippen molar-refractivity contribution in [3.05, 3.63) is 137 Å². The second-order valence-corrected chi connectivity index (χ2v) is 12.7. The van der Waals surface area contributed by atoms with Crippen molar-refractivity contribution < 1.29 is 19.0 Å². The van der Waals surface area contributed by atoms with Crippen LogP contribution in [0, 0.1) is 0 Å². The van der Waals surface area contributed by atoms with Gasteiger partial charge in [0.2, 0.25) is 0 Å². The number of esters is 1. The fourth-order valence-corrected chi connectivity index (χ4v) is 7.17. The van der Waals surface area contributed by atoms with Crippen LogP contribution in [0.4, 0.5) is 0 Å². The Kier molecular flexibility index (Phi) is 9.51. The van der Waals surface area contributed by atoms with Gasteiger partial charge >= 0.3 is 5.97 Å². The van der Waals surface area contributed by atoms with Crippen LogP contribution in [-0.2, 0) is 16.1 Å². The van der Waals surface area contributed by atoms with Gasteiger partial charge in [0, 0.05) is 15.6 Å². The van der Waals surface area contributed by atoms with E-state index in [1.807, 2.05) is 73.7 Å². The van der Waals surface area contributed by atoms with Crippen LogP contribution in [-0.4, -0.2) is 24.3 Å². The van der Waals surface area contributed by atoms with Gasteiger partial charge in [-0.25, -0.2) is 9.79 Å². The molecular weight excluding hydrogens is 664 g/mol. The van der Waals surface area contributed by atoms with Crippen molar-refractivity contribution in [2.75, 3.05) is 13.7 Å². The van der Waals surface area contributed by atoms with Crippen LogP contribution in [0.25, 0.3) is 16.8 Å². The lowest BCUT2D eigenvalue weighted by atomic mass is 9.93. The molecule has 0 aliphatic carbocycles. The SMILES string of the molecule is CCCC1=C(C(=O)OCC)[C@H](c2cc(Br)ccc2OC)n2c(s/c(=C/c3ccccc3OCc3cccc4ccccc34)c2=O)=N1. The topological polar surface area (TPSA) is 79.1 Å². The number of ether oxygens (including phenoxy) is 3. The minimum atomic E-state index is -0.788. The smallest absolute Gasteiger partial charge is 0.338 e. The minimum absolute atomic E-state index is 0.198. The summed E-state index contributed by atoms with van der Waals surface area (Å²) in [5.74, 6) is 0.711. The number of hydrogen-bond donors (Lipinski definition) is 0. The standard InChI is InChI=1S/C37H33BrN2O5S/c1-4-11-29-33(36(42)44-5-2)34(28-21-26(38)18-19-31(28)43-3)40-35(41)32(46-37(40)39-29)20-24-13-7-9-17-30(24)45-22-25-15-10-14-23-12-6-8-16-27(23)25/h6-10,12-21,34H,4-5,11,22H2,1-3H3/b32-20+/t34-/m0/s1. The molecule has 1 aliphatic rings. The molecule has 0 unspecified atom stereocenters. The van der Waals surface area contributed by atoms with E-state index in [2.05, 4.69) is 40.2 Å². The molecule has 0 spiro atoms. The number of carbonyl (C=O) groups excluding carboxylic acids is 1. The second-order valence-electron chi connectivity index (χ2n) is 10.8.